The van der Waals surface area contributed by atoms with Crippen LogP contribution in [0.2, 0.25) is 0 Å². The fourth-order valence-corrected chi connectivity index (χ4v) is 5.19. The smallest absolute Gasteiger partial charge is 0.241 e. The highest BCUT2D eigenvalue weighted by molar-refractivity contribution is 7.89. The minimum absolute atomic E-state index is 0.123. The number of rotatable bonds is 5. The van der Waals surface area contributed by atoms with Crippen LogP contribution in [0, 0.1) is 6.92 Å². The number of benzene rings is 2. The van der Waals surface area contributed by atoms with E-state index in [-0.39, 0.29) is 10.8 Å². The second kappa shape index (κ2) is 8.88. The van der Waals surface area contributed by atoms with E-state index in [0.29, 0.717) is 12.0 Å². The van der Waals surface area contributed by atoms with Gasteiger partial charge >= 0.3 is 0 Å². The van der Waals surface area contributed by atoms with E-state index in [2.05, 4.69) is 10.0 Å². The Morgan fingerprint density at radius 2 is 1.70 bits per heavy atom. The Morgan fingerprint density at radius 1 is 1.07 bits per heavy atom. The molecule has 0 radical (unpaired) electrons. The van der Waals surface area contributed by atoms with Gasteiger partial charge in [0.1, 0.15) is 0 Å². The van der Waals surface area contributed by atoms with Crippen molar-refractivity contribution in [2.75, 3.05) is 26.2 Å². The standard InChI is InChI=1S/C23H31N3O3S/c1-17-5-10-21(30(28,29)25-23(2,3)4)20(15-17)19-8-6-18(7-9-19)16-22(27)26-13-11-24-12-14-26/h5-10,15,24-25H,11-14,16H2,1-4H3. The van der Waals surface area contributed by atoms with Crippen LogP contribution in [0.3, 0.4) is 0 Å². The highest BCUT2D eigenvalue weighted by Crippen LogP contribution is 2.29. The van der Waals surface area contributed by atoms with Gasteiger partial charge in [-0.15, -0.1) is 0 Å². The maximum absolute atomic E-state index is 13.0. The molecule has 0 aromatic heterocycles. The molecule has 2 aromatic carbocycles. The maximum atomic E-state index is 13.0. The number of amides is 1. The van der Waals surface area contributed by atoms with E-state index in [0.717, 1.165) is 42.9 Å². The van der Waals surface area contributed by atoms with Crippen LogP contribution in [0.15, 0.2) is 47.4 Å². The van der Waals surface area contributed by atoms with Crippen molar-refractivity contribution in [3.63, 3.8) is 0 Å². The summed E-state index contributed by atoms with van der Waals surface area (Å²) in [7, 11) is -3.67. The number of carbonyl (C=O) groups excluding carboxylic acids is 1. The first kappa shape index (κ1) is 22.5. The summed E-state index contributed by atoms with van der Waals surface area (Å²) in [6, 6.07) is 13.0. The molecule has 7 heteroatoms. The second-order valence-electron chi connectivity index (χ2n) is 8.86. The first-order chi connectivity index (χ1) is 14.0. The molecule has 1 saturated heterocycles. The minimum Gasteiger partial charge on any atom is -0.340 e. The Bertz CT molecular complexity index is 1000. The number of nitrogens with one attached hydrogen (secondary N) is 2. The van der Waals surface area contributed by atoms with E-state index in [1.165, 1.54) is 0 Å². The normalized spacial score (nSPS) is 15.3. The molecule has 0 unspecified atom stereocenters. The van der Waals surface area contributed by atoms with E-state index >= 15 is 0 Å². The molecule has 0 aliphatic carbocycles. The number of piperazine rings is 1. The first-order valence-corrected chi connectivity index (χ1v) is 11.8. The lowest BCUT2D eigenvalue weighted by molar-refractivity contribution is -0.131. The van der Waals surface area contributed by atoms with Crippen molar-refractivity contribution in [3.05, 3.63) is 53.6 Å². The summed E-state index contributed by atoms with van der Waals surface area (Å²) in [5, 5.41) is 3.25. The number of hydrogen-bond acceptors (Lipinski definition) is 4. The first-order valence-electron chi connectivity index (χ1n) is 10.3. The lowest BCUT2D eigenvalue weighted by Gasteiger charge is -2.27. The van der Waals surface area contributed by atoms with Gasteiger partial charge in [-0.05, 0) is 44.9 Å². The summed E-state index contributed by atoms with van der Waals surface area (Å²) in [4.78, 5) is 14.6. The van der Waals surface area contributed by atoms with Gasteiger partial charge in [-0.2, -0.15) is 0 Å². The second-order valence-corrected chi connectivity index (χ2v) is 10.5. The molecule has 0 atom stereocenters. The summed E-state index contributed by atoms with van der Waals surface area (Å²) in [6.45, 7) is 10.5. The van der Waals surface area contributed by atoms with Crippen LogP contribution < -0.4 is 10.0 Å². The van der Waals surface area contributed by atoms with Crippen LogP contribution in [0.4, 0.5) is 0 Å². The average Bonchev–Trinajstić information content (AvgIpc) is 2.67. The van der Waals surface area contributed by atoms with Crippen LogP contribution in [0.5, 0.6) is 0 Å². The number of carbonyl (C=O) groups is 1. The third-order valence-corrected chi connectivity index (χ3v) is 6.77. The summed E-state index contributed by atoms with van der Waals surface area (Å²) in [6.07, 6.45) is 0.352. The van der Waals surface area contributed by atoms with Gasteiger partial charge in [-0.3, -0.25) is 4.79 Å². The molecule has 1 aliphatic heterocycles. The fraction of sp³-hybridized carbons (Fsp3) is 0.435. The van der Waals surface area contributed by atoms with Crippen molar-refractivity contribution in [2.45, 2.75) is 44.6 Å². The van der Waals surface area contributed by atoms with Crippen LogP contribution in [0.25, 0.3) is 11.1 Å². The molecule has 0 spiro atoms. The fourth-order valence-electron chi connectivity index (χ4n) is 3.56. The molecule has 2 aromatic rings. The van der Waals surface area contributed by atoms with Gasteiger partial charge in [0.15, 0.2) is 0 Å². The lowest BCUT2D eigenvalue weighted by Crippen LogP contribution is -2.46. The number of hydrogen-bond donors (Lipinski definition) is 2. The third-order valence-electron chi connectivity index (χ3n) is 4.96. The van der Waals surface area contributed by atoms with E-state index in [9.17, 15) is 13.2 Å². The van der Waals surface area contributed by atoms with Gasteiger partial charge in [0, 0.05) is 37.3 Å². The van der Waals surface area contributed by atoms with Gasteiger partial charge in [-0.1, -0.05) is 42.0 Å². The van der Waals surface area contributed by atoms with Crippen LogP contribution >= 0.6 is 0 Å². The molecule has 0 bridgehead atoms. The number of sulfonamides is 1. The van der Waals surface area contributed by atoms with E-state index in [4.69, 9.17) is 0 Å². The Kier molecular flexibility index (Phi) is 6.65. The molecule has 30 heavy (non-hydrogen) atoms. The van der Waals surface area contributed by atoms with Gasteiger partial charge in [-0.25, -0.2) is 13.1 Å². The Labute approximate surface area is 179 Å². The Hall–Kier alpha value is -2.22. The average molecular weight is 430 g/mol. The van der Waals surface area contributed by atoms with E-state index < -0.39 is 15.6 Å². The molecule has 1 fully saturated rings. The van der Waals surface area contributed by atoms with Crippen molar-refractivity contribution in [3.8, 4) is 11.1 Å². The van der Waals surface area contributed by atoms with Crippen LogP contribution in [-0.4, -0.2) is 50.9 Å². The van der Waals surface area contributed by atoms with Gasteiger partial charge < -0.3 is 10.2 Å². The zero-order valence-corrected chi connectivity index (χ0v) is 19.0. The SMILES string of the molecule is Cc1ccc(S(=O)(=O)NC(C)(C)C)c(-c2ccc(CC(=O)N3CCNCC3)cc2)c1. The Morgan fingerprint density at radius 3 is 2.30 bits per heavy atom. The Balaban J connectivity index is 1.85. The predicted octanol–water partition coefficient (Wildman–Crippen LogP) is 2.71. The van der Waals surface area contributed by atoms with Gasteiger partial charge in [0.25, 0.3) is 0 Å². The predicted molar refractivity (Wildman–Crippen MR) is 120 cm³/mol. The molecule has 6 nitrogen and oxygen atoms in total. The zero-order chi connectivity index (χ0) is 21.9. The highest BCUT2D eigenvalue weighted by atomic mass is 32.2. The molecule has 1 amide bonds. The van der Waals surface area contributed by atoms with Crippen molar-refractivity contribution < 1.29 is 13.2 Å². The van der Waals surface area contributed by atoms with Crippen molar-refractivity contribution in [1.82, 2.24) is 14.9 Å². The van der Waals surface area contributed by atoms with Crippen LogP contribution in [0.1, 0.15) is 31.9 Å². The number of aryl methyl sites for hydroxylation is 1. The van der Waals surface area contributed by atoms with Crippen molar-refractivity contribution in [1.29, 1.82) is 0 Å². The third kappa shape index (κ3) is 5.68. The van der Waals surface area contributed by atoms with E-state index in [1.807, 2.05) is 62.9 Å². The van der Waals surface area contributed by atoms with Crippen molar-refractivity contribution in [2.24, 2.45) is 0 Å². The largest absolute Gasteiger partial charge is 0.340 e. The summed E-state index contributed by atoms with van der Waals surface area (Å²) in [5.41, 5.74) is 2.80. The molecule has 162 valence electrons. The topological polar surface area (TPSA) is 78.5 Å². The van der Waals surface area contributed by atoms with Crippen LogP contribution in [-0.2, 0) is 21.2 Å². The lowest BCUT2D eigenvalue weighted by atomic mass is 10.0. The molecule has 3 rings (SSSR count). The maximum Gasteiger partial charge on any atom is 0.241 e. The van der Waals surface area contributed by atoms with E-state index in [1.54, 1.807) is 12.1 Å². The molecule has 2 N–H and O–H groups in total. The molecular weight excluding hydrogens is 398 g/mol. The summed E-state index contributed by atoms with van der Waals surface area (Å²) >= 11 is 0. The van der Waals surface area contributed by atoms with Gasteiger partial charge in [0.05, 0.1) is 11.3 Å². The van der Waals surface area contributed by atoms with Crippen molar-refractivity contribution >= 4 is 15.9 Å². The quantitative estimate of drug-likeness (QED) is 0.766. The number of nitrogens with zero attached hydrogens (tertiary/aromatic N) is 1. The monoisotopic (exact) mass is 429 g/mol. The molecular formula is C23H31N3O3S. The summed E-state index contributed by atoms with van der Waals surface area (Å²) in [5.74, 6) is 0.123. The summed E-state index contributed by atoms with van der Waals surface area (Å²) < 4.78 is 28.7. The van der Waals surface area contributed by atoms with Gasteiger partial charge in [0.2, 0.25) is 15.9 Å². The highest BCUT2D eigenvalue weighted by Gasteiger charge is 2.25. The molecule has 1 heterocycles. The molecule has 1 aliphatic rings. The zero-order valence-electron chi connectivity index (χ0n) is 18.2. The molecule has 0 saturated carbocycles. The minimum atomic E-state index is -3.67.